The van der Waals surface area contributed by atoms with Gasteiger partial charge in [0.1, 0.15) is 0 Å². The lowest BCUT2D eigenvalue weighted by molar-refractivity contribution is 0.563. The summed E-state index contributed by atoms with van der Waals surface area (Å²) in [7, 11) is 0. The molecule has 0 aromatic carbocycles. The minimum absolute atomic E-state index is 0.986. The predicted molar refractivity (Wildman–Crippen MR) is 54.0 cm³/mol. The molecule has 0 aromatic heterocycles. The maximum Gasteiger partial charge on any atom is -0.00201 e. The van der Waals surface area contributed by atoms with Crippen LogP contribution in [-0.2, 0) is 0 Å². The highest BCUT2D eigenvalue weighted by Crippen LogP contribution is 2.09. The zero-order valence-electron chi connectivity index (χ0n) is 8.91. The Kier molecular flexibility index (Phi) is 15.5. The molecule has 0 saturated carbocycles. The van der Waals surface area contributed by atoms with E-state index in [2.05, 4.69) is 12.2 Å². The summed E-state index contributed by atoms with van der Waals surface area (Å²) in [6.07, 6.45) is 2.75. The summed E-state index contributed by atoms with van der Waals surface area (Å²) in [4.78, 5) is 0. The van der Waals surface area contributed by atoms with Gasteiger partial charge in [-0.3, -0.25) is 0 Å². The second-order valence-corrected chi connectivity index (χ2v) is 2.27. The average Bonchev–Trinajstić information content (AvgIpc) is 2.63. The van der Waals surface area contributed by atoms with E-state index in [9.17, 15) is 0 Å². The van der Waals surface area contributed by atoms with Crippen LogP contribution >= 0.6 is 0 Å². The Hall–Kier alpha value is -0.0400. The Morgan fingerprint density at radius 3 is 1.91 bits per heavy atom. The summed E-state index contributed by atoms with van der Waals surface area (Å²) in [5, 5.41) is 3.32. The summed E-state index contributed by atoms with van der Waals surface area (Å²) in [6.45, 7) is 12.8. The third-order valence-electron chi connectivity index (χ3n) is 1.74. The first-order valence-electron chi connectivity index (χ1n) is 5.14. The molecule has 1 unspecified atom stereocenters. The molecule has 1 N–H and O–H groups in total. The van der Waals surface area contributed by atoms with Crippen molar-refractivity contribution >= 4 is 0 Å². The topological polar surface area (TPSA) is 12.0 Å². The number of hydrogen-bond donors (Lipinski definition) is 1. The fraction of sp³-hybridized carbons (Fsp3) is 1.00. The minimum atomic E-state index is 0.986. The van der Waals surface area contributed by atoms with E-state index in [1.165, 1.54) is 25.9 Å². The third-order valence-corrected chi connectivity index (χ3v) is 1.74. The zero-order valence-corrected chi connectivity index (χ0v) is 8.91. The highest BCUT2D eigenvalue weighted by molar-refractivity contribution is 4.68. The van der Waals surface area contributed by atoms with Crippen molar-refractivity contribution < 1.29 is 0 Å². The molecule has 0 bridgehead atoms. The fourth-order valence-corrected chi connectivity index (χ4v) is 1.06. The van der Waals surface area contributed by atoms with Gasteiger partial charge in [0, 0.05) is 0 Å². The lowest BCUT2D eigenvalue weighted by atomic mass is 10.1. The summed E-state index contributed by atoms with van der Waals surface area (Å²) in [5.74, 6) is 0.986. The standard InChI is InChI=1S/C6H13N.2C2H6/c1-2-6-3-4-7-5-6;2*1-2/h6-7H,2-5H2,1H3;2*1-2H3. The molecule has 0 radical (unpaired) electrons. The van der Waals surface area contributed by atoms with Gasteiger partial charge in [0.2, 0.25) is 0 Å². The van der Waals surface area contributed by atoms with E-state index in [1.54, 1.807) is 0 Å². The van der Waals surface area contributed by atoms with Gasteiger partial charge in [-0.25, -0.2) is 0 Å². The van der Waals surface area contributed by atoms with Gasteiger partial charge in [-0.2, -0.15) is 0 Å². The molecule has 1 aliphatic rings. The van der Waals surface area contributed by atoms with E-state index in [0.29, 0.717) is 0 Å². The van der Waals surface area contributed by atoms with Crippen LogP contribution in [0.5, 0.6) is 0 Å². The van der Waals surface area contributed by atoms with Crippen LogP contribution in [-0.4, -0.2) is 13.1 Å². The van der Waals surface area contributed by atoms with Crippen LogP contribution in [0.4, 0.5) is 0 Å². The van der Waals surface area contributed by atoms with Crippen molar-refractivity contribution in [1.82, 2.24) is 5.32 Å². The van der Waals surface area contributed by atoms with E-state index < -0.39 is 0 Å². The molecule has 70 valence electrons. The Labute approximate surface area is 72.6 Å². The summed E-state index contributed by atoms with van der Waals surface area (Å²) < 4.78 is 0. The van der Waals surface area contributed by atoms with Gasteiger partial charge in [0.25, 0.3) is 0 Å². The van der Waals surface area contributed by atoms with Gasteiger partial charge < -0.3 is 5.32 Å². The van der Waals surface area contributed by atoms with Crippen molar-refractivity contribution in [1.29, 1.82) is 0 Å². The van der Waals surface area contributed by atoms with Crippen molar-refractivity contribution in [2.45, 2.75) is 47.5 Å². The molecule has 0 aromatic rings. The van der Waals surface area contributed by atoms with Crippen molar-refractivity contribution in [3.05, 3.63) is 0 Å². The average molecular weight is 159 g/mol. The molecule has 1 saturated heterocycles. The number of rotatable bonds is 1. The molecule has 1 heteroatoms. The maximum atomic E-state index is 3.32. The molecule has 1 rings (SSSR count). The Balaban J connectivity index is 0. The molecule has 1 fully saturated rings. The van der Waals surface area contributed by atoms with Crippen LogP contribution in [0.15, 0.2) is 0 Å². The second-order valence-electron chi connectivity index (χ2n) is 2.27. The zero-order chi connectivity index (χ0) is 9.11. The lowest BCUT2D eigenvalue weighted by Crippen LogP contribution is -2.07. The number of nitrogens with one attached hydrogen (secondary N) is 1. The highest BCUT2D eigenvalue weighted by atomic mass is 14.9. The molecule has 0 aliphatic carbocycles. The van der Waals surface area contributed by atoms with Gasteiger partial charge in [-0.15, -0.1) is 0 Å². The molecule has 0 spiro atoms. The summed E-state index contributed by atoms with van der Waals surface area (Å²) in [5.41, 5.74) is 0. The SMILES string of the molecule is CC.CC.CCC1CCNC1. The lowest BCUT2D eigenvalue weighted by Gasteiger charge is -1.98. The van der Waals surface area contributed by atoms with Crippen molar-refractivity contribution in [3.63, 3.8) is 0 Å². The van der Waals surface area contributed by atoms with Gasteiger partial charge in [-0.05, 0) is 25.4 Å². The molecule has 1 heterocycles. The first-order valence-corrected chi connectivity index (χ1v) is 5.14. The maximum absolute atomic E-state index is 3.32. The molecule has 1 nitrogen and oxygen atoms in total. The van der Waals surface area contributed by atoms with Crippen LogP contribution in [0.3, 0.4) is 0 Å². The molecule has 1 aliphatic heterocycles. The predicted octanol–water partition coefficient (Wildman–Crippen LogP) is 3.06. The smallest absolute Gasteiger partial charge is 0.00201 e. The van der Waals surface area contributed by atoms with Crippen LogP contribution in [0, 0.1) is 5.92 Å². The Morgan fingerprint density at radius 1 is 1.18 bits per heavy atom. The van der Waals surface area contributed by atoms with E-state index in [4.69, 9.17) is 0 Å². The first-order chi connectivity index (χ1) is 5.43. The number of hydrogen-bond acceptors (Lipinski definition) is 1. The largest absolute Gasteiger partial charge is 0.316 e. The third kappa shape index (κ3) is 7.86. The Morgan fingerprint density at radius 2 is 1.73 bits per heavy atom. The van der Waals surface area contributed by atoms with E-state index in [1.807, 2.05) is 27.7 Å². The quantitative estimate of drug-likeness (QED) is 0.620. The van der Waals surface area contributed by atoms with E-state index in [-0.39, 0.29) is 0 Å². The molecule has 11 heavy (non-hydrogen) atoms. The van der Waals surface area contributed by atoms with Crippen LogP contribution in [0.1, 0.15) is 47.5 Å². The van der Waals surface area contributed by atoms with E-state index in [0.717, 1.165) is 5.92 Å². The summed E-state index contributed by atoms with van der Waals surface area (Å²) >= 11 is 0. The van der Waals surface area contributed by atoms with Crippen LogP contribution in [0.25, 0.3) is 0 Å². The van der Waals surface area contributed by atoms with Gasteiger partial charge in [0.05, 0.1) is 0 Å². The molecule has 0 amide bonds. The first kappa shape index (κ1) is 13.5. The normalized spacial score (nSPS) is 21.0. The van der Waals surface area contributed by atoms with Crippen LogP contribution in [0.2, 0.25) is 0 Å². The molecular formula is C10H25N. The Bertz CT molecular complexity index is 46.8. The second kappa shape index (κ2) is 12.6. The molecular weight excluding hydrogens is 134 g/mol. The van der Waals surface area contributed by atoms with Gasteiger partial charge in [0.15, 0.2) is 0 Å². The fourth-order valence-electron chi connectivity index (χ4n) is 1.06. The van der Waals surface area contributed by atoms with Crippen molar-refractivity contribution in [2.75, 3.05) is 13.1 Å². The van der Waals surface area contributed by atoms with Gasteiger partial charge in [-0.1, -0.05) is 41.0 Å². The van der Waals surface area contributed by atoms with Gasteiger partial charge >= 0.3 is 0 Å². The van der Waals surface area contributed by atoms with Crippen molar-refractivity contribution in [2.24, 2.45) is 5.92 Å². The summed E-state index contributed by atoms with van der Waals surface area (Å²) in [6, 6.07) is 0. The molecule has 1 atom stereocenters. The van der Waals surface area contributed by atoms with Crippen LogP contribution < -0.4 is 5.32 Å². The minimum Gasteiger partial charge on any atom is -0.316 e. The highest BCUT2D eigenvalue weighted by Gasteiger charge is 2.10. The monoisotopic (exact) mass is 159 g/mol. The van der Waals surface area contributed by atoms with Crippen molar-refractivity contribution in [3.8, 4) is 0 Å². The van der Waals surface area contributed by atoms with E-state index >= 15 is 0 Å².